The monoisotopic (exact) mass is 472 g/mol. The number of nitrogens with zero attached hydrogens (tertiary/aromatic N) is 3. The Morgan fingerprint density at radius 2 is 2.00 bits per heavy atom. The zero-order valence-electron chi connectivity index (χ0n) is 18.4. The number of benzene rings is 2. The predicted octanol–water partition coefficient (Wildman–Crippen LogP) is 2.23. The van der Waals surface area contributed by atoms with E-state index >= 15 is 0 Å². The quantitative estimate of drug-likeness (QED) is 0.491. The molecule has 0 radical (unpaired) electrons. The van der Waals surface area contributed by atoms with Crippen LogP contribution in [0, 0.1) is 0 Å². The van der Waals surface area contributed by atoms with Gasteiger partial charge in [0, 0.05) is 18.2 Å². The molecular formula is C23H28N4O5S. The minimum atomic E-state index is -3.78. The lowest BCUT2D eigenvalue weighted by molar-refractivity contribution is -0.0891. The average Bonchev–Trinajstić information content (AvgIpc) is 3.33. The molecule has 2 aromatic carbocycles. The molecule has 1 aliphatic rings. The van der Waals surface area contributed by atoms with Crippen molar-refractivity contribution in [3.05, 3.63) is 60.8 Å². The van der Waals surface area contributed by atoms with E-state index < -0.39 is 22.2 Å². The molecule has 0 spiro atoms. The maximum absolute atomic E-state index is 12.8. The largest absolute Gasteiger partial charge is 0.497 e. The van der Waals surface area contributed by atoms with Crippen LogP contribution in [0.4, 0.5) is 0 Å². The third kappa shape index (κ3) is 5.77. The number of hydrogen-bond donors (Lipinski definition) is 2. The summed E-state index contributed by atoms with van der Waals surface area (Å²) in [6, 6.07) is 15.6. The molecular weight excluding hydrogens is 444 g/mol. The third-order valence-corrected chi connectivity index (χ3v) is 7.23. The summed E-state index contributed by atoms with van der Waals surface area (Å²) >= 11 is 0. The number of nitrogens with one attached hydrogen (secondary N) is 1. The zero-order valence-corrected chi connectivity index (χ0v) is 19.2. The van der Waals surface area contributed by atoms with E-state index in [-0.39, 0.29) is 17.6 Å². The van der Waals surface area contributed by atoms with Crippen molar-refractivity contribution < 1.29 is 23.0 Å². The van der Waals surface area contributed by atoms with Gasteiger partial charge in [0.25, 0.3) is 0 Å². The Kier molecular flexibility index (Phi) is 7.39. The van der Waals surface area contributed by atoms with Gasteiger partial charge in [0.15, 0.2) is 0 Å². The van der Waals surface area contributed by atoms with Crippen molar-refractivity contribution in [1.82, 2.24) is 19.7 Å². The molecule has 1 aromatic heterocycles. The summed E-state index contributed by atoms with van der Waals surface area (Å²) in [5.41, 5.74) is 1.81. The lowest BCUT2D eigenvalue weighted by Gasteiger charge is -2.36. The van der Waals surface area contributed by atoms with E-state index in [0.29, 0.717) is 31.6 Å². The van der Waals surface area contributed by atoms with Crippen LogP contribution in [-0.4, -0.2) is 60.5 Å². The number of aliphatic hydroxyl groups is 1. The highest BCUT2D eigenvalue weighted by atomic mass is 32.2. The molecule has 1 saturated heterocycles. The molecule has 1 aliphatic heterocycles. The van der Waals surface area contributed by atoms with Gasteiger partial charge in [-0.2, -0.15) is 0 Å². The van der Waals surface area contributed by atoms with E-state index in [4.69, 9.17) is 9.47 Å². The van der Waals surface area contributed by atoms with E-state index in [1.807, 2.05) is 36.5 Å². The van der Waals surface area contributed by atoms with Crippen LogP contribution in [0.1, 0.15) is 19.3 Å². The molecule has 9 nitrogen and oxygen atoms in total. The first kappa shape index (κ1) is 23.4. The molecule has 0 saturated carbocycles. The van der Waals surface area contributed by atoms with Gasteiger partial charge in [-0.15, -0.1) is 5.10 Å². The molecule has 33 heavy (non-hydrogen) atoms. The van der Waals surface area contributed by atoms with E-state index in [2.05, 4.69) is 15.0 Å². The minimum Gasteiger partial charge on any atom is -0.497 e. The van der Waals surface area contributed by atoms with Gasteiger partial charge in [0.2, 0.25) is 10.0 Å². The minimum absolute atomic E-state index is 0.107. The van der Waals surface area contributed by atoms with Gasteiger partial charge in [-0.1, -0.05) is 41.6 Å². The first-order chi connectivity index (χ1) is 16.0. The smallest absolute Gasteiger partial charge is 0.241 e. The number of aromatic nitrogens is 3. The van der Waals surface area contributed by atoms with Crippen LogP contribution in [-0.2, 0) is 21.3 Å². The van der Waals surface area contributed by atoms with Crippen molar-refractivity contribution in [3.63, 3.8) is 0 Å². The molecule has 176 valence electrons. The predicted molar refractivity (Wildman–Crippen MR) is 122 cm³/mol. The van der Waals surface area contributed by atoms with Crippen molar-refractivity contribution >= 4 is 10.0 Å². The van der Waals surface area contributed by atoms with Crippen molar-refractivity contribution in [2.45, 2.75) is 49.0 Å². The summed E-state index contributed by atoms with van der Waals surface area (Å²) in [6.45, 7) is 0.339. The maximum Gasteiger partial charge on any atom is 0.241 e. The summed E-state index contributed by atoms with van der Waals surface area (Å²) in [7, 11) is -2.29. The fourth-order valence-corrected chi connectivity index (χ4v) is 5.27. The van der Waals surface area contributed by atoms with E-state index in [0.717, 1.165) is 11.3 Å². The summed E-state index contributed by atoms with van der Waals surface area (Å²) < 4.78 is 41.2. The van der Waals surface area contributed by atoms with Crippen molar-refractivity contribution in [1.29, 1.82) is 0 Å². The van der Waals surface area contributed by atoms with Gasteiger partial charge in [-0.05, 0) is 31.4 Å². The molecule has 2 heterocycles. The average molecular weight is 473 g/mol. The summed E-state index contributed by atoms with van der Waals surface area (Å²) in [5.74, 6) is 0.458. The lowest BCUT2D eigenvalue weighted by Crippen LogP contribution is -2.50. The fourth-order valence-electron chi connectivity index (χ4n) is 3.94. The molecule has 2 N–H and O–H groups in total. The SMILES string of the molecule is COc1cccc(S(=O)(=O)N[C@@H]2CC[C@H](CCn3cc(-c4ccccc4)nn3)O[C@H]2CO)c1. The van der Waals surface area contributed by atoms with Gasteiger partial charge in [-0.3, -0.25) is 4.68 Å². The standard InChI is InChI=1S/C23H28N4O5S/c1-31-19-8-5-9-20(14-19)33(29,30)25-21-11-10-18(32-23(21)16-28)12-13-27-15-22(24-26-27)17-6-3-2-4-7-17/h2-9,14-15,18,21,23,25,28H,10-13,16H2,1H3/t18-,21-,23+/m1/s1. The first-order valence-corrected chi connectivity index (χ1v) is 12.3. The second-order valence-electron chi connectivity index (χ2n) is 7.98. The maximum atomic E-state index is 12.8. The normalized spacial score (nSPS) is 21.1. The Bertz CT molecular complexity index is 1150. The number of sulfonamides is 1. The Morgan fingerprint density at radius 1 is 1.18 bits per heavy atom. The molecule has 0 amide bonds. The molecule has 3 atom stereocenters. The molecule has 0 bridgehead atoms. The Balaban J connectivity index is 1.33. The van der Waals surface area contributed by atoms with E-state index in [1.165, 1.54) is 19.2 Å². The number of rotatable bonds is 9. The molecule has 10 heteroatoms. The number of aryl methyl sites for hydroxylation is 1. The number of ether oxygens (including phenoxy) is 2. The molecule has 4 rings (SSSR count). The molecule has 0 unspecified atom stereocenters. The number of hydrogen-bond acceptors (Lipinski definition) is 7. The van der Waals surface area contributed by atoms with Crippen LogP contribution in [0.25, 0.3) is 11.3 Å². The zero-order chi connectivity index (χ0) is 23.3. The summed E-state index contributed by atoms with van der Waals surface area (Å²) in [6.07, 6.45) is 3.08. The molecule has 1 fully saturated rings. The second kappa shape index (κ2) is 10.4. The highest BCUT2D eigenvalue weighted by Gasteiger charge is 2.34. The highest BCUT2D eigenvalue weighted by Crippen LogP contribution is 2.25. The summed E-state index contributed by atoms with van der Waals surface area (Å²) in [4.78, 5) is 0.112. The van der Waals surface area contributed by atoms with E-state index in [9.17, 15) is 13.5 Å². The van der Waals surface area contributed by atoms with Crippen LogP contribution in [0.5, 0.6) is 5.75 Å². The van der Waals surface area contributed by atoms with Gasteiger partial charge < -0.3 is 14.6 Å². The van der Waals surface area contributed by atoms with Crippen LogP contribution >= 0.6 is 0 Å². The Hall–Kier alpha value is -2.79. The highest BCUT2D eigenvalue weighted by molar-refractivity contribution is 7.89. The number of aliphatic hydroxyl groups excluding tert-OH is 1. The fraction of sp³-hybridized carbons (Fsp3) is 0.391. The van der Waals surface area contributed by atoms with Crippen LogP contribution < -0.4 is 9.46 Å². The van der Waals surface area contributed by atoms with Crippen molar-refractivity contribution in [3.8, 4) is 17.0 Å². The van der Waals surface area contributed by atoms with Crippen LogP contribution in [0.2, 0.25) is 0 Å². The second-order valence-corrected chi connectivity index (χ2v) is 9.70. The lowest BCUT2D eigenvalue weighted by atomic mass is 9.98. The first-order valence-electron chi connectivity index (χ1n) is 10.9. The Labute approximate surface area is 193 Å². The molecule has 3 aromatic rings. The number of methoxy groups -OCH3 is 1. The van der Waals surface area contributed by atoms with Crippen LogP contribution in [0.15, 0.2) is 65.7 Å². The topological polar surface area (TPSA) is 116 Å². The van der Waals surface area contributed by atoms with Crippen molar-refractivity contribution in [2.24, 2.45) is 0 Å². The van der Waals surface area contributed by atoms with Gasteiger partial charge in [0.05, 0.1) is 43.1 Å². The van der Waals surface area contributed by atoms with Crippen LogP contribution in [0.3, 0.4) is 0 Å². The Morgan fingerprint density at radius 3 is 2.76 bits per heavy atom. The van der Waals surface area contributed by atoms with E-state index in [1.54, 1.807) is 16.8 Å². The van der Waals surface area contributed by atoms with Gasteiger partial charge in [0.1, 0.15) is 11.4 Å². The third-order valence-electron chi connectivity index (χ3n) is 5.74. The molecule has 0 aliphatic carbocycles. The van der Waals surface area contributed by atoms with Gasteiger partial charge in [-0.25, -0.2) is 13.1 Å². The summed E-state index contributed by atoms with van der Waals surface area (Å²) in [5, 5.41) is 18.2. The van der Waals surface area contributed by atoms with Gasteiger partial charge >= 0.3 is 0 Å². The van der Waals surface area contributed by atoms with Crippen molar-refractivity contribution in [2.75, 3.05) is 13.7 Å².